The molecule has 0 aromatic heterocycles. The highest BCUT2D eigenvalue weighted by Gasteiger charge is 1.98. The van der Waals surface area contributed by atoms with Gasteiger partial charge in [-0.3, -0.25) is 0 Å². The Morgan fingerprint density at radius 2 is 2.20 bits per heavy atom. The van der Waals surface area contributed by atoms with Crippen LogP contribution in [0.15, 0.2) is 24.8 Å². The average molecular weight is 137 g/mol. The summed E-state index contributed by atoms with van der Waals surface area (Å²) in [5, 5.41) is 0. The van der Waals surface area contributed by atoms with E-state index in [1.807, 2.05) is 0 Å². The molecule has 0 aliphatic rings. The molecule has 1 aromatic carbocycles. The quantitative estimate of drug-likeness (QED) is 0.589. The number of nitrogen functional groups attached to an aromatic ring is 1. The molecule has 0 spiro atoms. The van der Waals surface area contributed by atoms with Gasteiger partial charge in [0.2, 0.25) is 0 Å². The van der Waals surface area contributed by atoms with Crippen molar-refractivity contribution in [1.82, 2.24) is 0 Å². The van der Waals surface area contributed by atoms with Crippen LogP contribution in [-0.2, 0) is 0 Å². The van der Waals surface area contributed by atoms with Crippen molar-refractivity contribution in [3.05, 3.63) is 36.2 Å². The van der Waals surface area contributed by atoms with Crippen molar-refractivity contribution >= 4 is 11.8 Å². The SMILES string of the molecule is C=Cc1c(N)cccc1F. The summed E-state index contributed by atoms with van der Waals surface area (Å²) < 4.78 is 12.7. The lowest BCUT2D eigenvalue weighted by atomic mass is 10.2. The number of anilines is 1. The molecule has 0 radical (unpaired) electrons. The smallest absolute Gasteiger partial charge is 0.132 e. The summed E-state index contributed by atoms with van der Waals surface area (Å²) in [4.78, 5) is 0. The Morgan fingerprint density at radius 1 is 1.50 bits per heavy atom. The van der Waals surface area contributed by atoms with E-state index in [1.165, 1.54) is 12.1 Å². The molecule has 0 amide bonds. The Kier molecular flexibility index (Phi) is 1.71. The van der Waals surface area contributed by atoms with Gasteiger partial charge in [-0.1, -0.05) is 18.7 Å². The third-order valence-corrected chi connectivity index (χ3v) is 1.29. The maximum Gasteiger partial charge on any atom is 0.132 e. The molecular weight excluding hydrogens is 129 g/mol. The minimum absolute atomic E-state index is 0.324. The molecule has 0 aliphatic heterocycles. The monoisotopic (exact) mass is 137 g/mol. The molecule has 0 fully saturated rings. The van der Waals surface area contributed by atoms with Crippen LogP contribution < -0.4 is 5.73 Å². The number of rotatable bonds is 1. The molecule has 1 rings (SSSR count). The van der Waals surface area contributed by atoms with Gasteiger partial charge in [-0.05, 0) is 12.1 Å². The maximum absolute atomic E-state index is 12.7. The first-order valence-corrected chi connectivity index (χ1v) is 2.92. The Hall–Kier alpha value is -1.31. The Morgan fingerprint density at radius 3 is 2.60 bits per heavy atom. The fourth-order valence-corrected chi connectivity index (χ4v) is 0.769. The predicted molar refractivity (Wildman–Crippen MR) is 40.9 cm³/mol. The van der Waals surface area contributed by atoms with E-state index in [-0.39, 0.29) is 5.82 Å². The van der Waals surface area contributed by atoms with Gasteiger partial charge in [-0.25, -0.2) is 4.39 Å². The predicted octanol–water partition coefficient (Wildman–Crippen LogP) is 2.05. The van der Waals surface area contributed by atoms with Crippen molar-refractivity contribution in [3.63, 3.8) is 0 Å². The third-order valence-electron chi connectivity index (χ3n) is 1.29. The first kappa shape index (κ1) is 6.81. The summed E-state index contributed by atoms with van der Waals surface area (Å²) in [7, 11) is 0. The molecule has 1 aromatic rings. The highest BCUT2D eigenvalue weighted by atomic mass is 19.1. The van der Waals surface area contributed by atoms with Crippen LogP contribution in [0.2, 0.25) is 0 Å². The zero-order chi connectivity index (χ0) is 7.56. The highest BCUT2D eigenvalue weighted by molar-refractivity contribution is 5.63. The van der Waals surface area contributed by atoms with Crippen molar-refractivity contribution in [2.24, 2.45) is 0 Å². The van der Waals surface area contributed by atoms with Gasteiger partial charge < -0.3 is 5.73 Å². The van der Waals surface area contributed by atoms with E-state index in [0.29, 0.717) is 11.3 Å². The van der Waals surface area contributed by atoms with Crippen molar-refractivity contribution < 1.29 is 4.39 Å². The van der Waals surface area contributed by atoms with E-state index in [0.717, 1.165) is 0 Å². The lowest BCUT2D eigenvalue weighted by molar-refractivity contribution is 0.626. The van der Waals surface area contributed by atoms with E-state index in [2.05, 4.69) is 6.58 Å². The molecule has 2 N–H and O–H groups in total. The number of halogens is 1. The van der Waals surface area contributed by atoms with Crippen molar-refractivity contribution in [1.29, 1.82) is 0 Å². The Labute approximate surface area is 59.0 Å². The second-order valence-corrected chi connectivity index (χ2v) is 1.95. The van der Waals surface area contributed by atoms with Crippen LogP contribution in [-0.4, -0.2) is 0 Å². The molecule has 10 heavy (non-hydrogen) atoms. The van der Waals surface area contributed by atoms with Gasteiger partial charge in [0, 0.05) is 11.3 Å². The molecule has 0 unspecified atom stereocenters. The van der Waals surface area contributed by atoms with Gasteiger partial charge >= 0.3 is 0 Å². The van der Waals surface area contributed by atoms with Crippen LogP contribution >= 0.6 is 0 Å². The summed E-state index contributed by atoms with van der Waals surface area (Å²) in [6, 6.07) is 4.56. The van der Waals surface area contributed by atoms with Gasteiger partial charge in [0.25, 0.3) is 0 Å². The van der Waals surface area contributed by atoms with Crippen molar-refractivity contribution in [2.75, 3.05) is 5.73 Å². The molecular formula is C8H8FN. The lowest BCUT2D eigenvalue weighted by Crippen LogP contribution is -1.91. The Bertz CT molecular complexity index is 235. The molecule has 2 heteroatoms. The highest BCUT2D eigenvalue weighted by Crippen LogP contribution is 2.15. The fourth-order valence-electron chi connectivity index (χ4n) is 0.769. The van der Waals surface area contributed by atoms with Crippen molar-refractivity contribution in [3.8, 4) is 0 Å². The first-order chi connectivity index (χ1) is 4.75. The van der Waals surface area contributed by atoms with Gasteiger partial charge in [-0.15, -0.1) is 0 Å². The summed E-state index contributed by atoms with van der Waals surface area (Å²) in [5.41, 5.74) is 6.22. The summed E-state index contributed by atoms with van der Waals surface area (Å²) >= 11 is 0. The van der Waals surface area contributed by atoms with Crippen LogP contribution in [0.4, 0.5) is 10.1 Å². The standard InChI is InChI=1S/C8H8FN/c1-2-6-7(9)4-3-5-8(6)10/h2-5H,1,10H2. The van der Waals surface area contributed by atoms with E-state index < -0.39 is 0 Å². The second-order valence-electron chi connectivity index (χ2n) is 1.95. The van der Waals surface area contributed by atoms with Gasteiger partial charge in [0.05, 0.1) is 0 Å². The molecule has 0 saturated heterocycles. The van der Waals surface area contributed by atoms with Gasteiger partial charge in [-0.2, -0.15) is 0 Å². The number of benzene rings is 1. The van der Waals surface area contributed by atoms with E-state index in [1.54, 1.807) is 12.1 Å². The van der Waals surface area contributed by atoms with Gasteiger partial charge in [0.15, 0.2) is 0 Å². The van der Waals surface area contributed by atoms with Crippen LogP contribution in [0.25, 0.3) is 6.08 Å². The van der Waals surface area contributed by atoms with Gasteiger partial charge in [0.1, 0.15) is 5.82 Å². The summed E-state index contributed by atoms with van der Waals surface area (Å²) in [5.74, 6) is -0.324. The molecule has 0 bridgehead atoms. The normalized spacial score (nSPS) is 9.30. The lowest BCUT2D eigenvalue weighted by Gasteiger charge is -1.98. The molecule has 52 valence electrons. The Balaban J connectivity index is 3.30. The third kappa shape index (κ3) is 1.00. The average Bonchev–Trinajstić information content (AvgIpc) is 1.88. The van der Waals surface area contributed by atoms with Crippen LogP contribution in [0.3, 0.4) is 0 Å². The molecule has 1 nitrogen and oxygen atoms in total. The van der Waals surface area contributed by atoms with E-state index in [4.69, 9.17) is 5.73 Å². The molecule has 0 saturated carbocycles. The first-order valence-electron chi connectivity index (χ1n) is 2.92. The van der Waals surface area contributed by atoms with Crippen LogP contribution in [0.5, 0.6) is 0 Å². The topological polar surface area (TPSA) is 26.0 Å². The minimum Gasteiger partial charge on any atom is -0.398 e. The maximum atomic E-state index is 12.7. The molecule has 0 atom stereocenters. The largest absolute Gasteiger partial charge is 0.398 e. The van der Waals surface area contributed by atoms with E-state index in [9.17, 15) is 4.39 Å². The summed E-state index contributed by atoms with van der Waals surface area (Å²) in [6.45, 7) is 3.43. The second kappa shape index (κ2) is 2.52. The zero-order valence-corrected chi connectivity index (χ0v) is 5.47. The fraction of sp³-hybridized carbons (Fsp3) is 0. The number of hydrogen-bond donors (Lipinski definition) is 1. The zero-order valence-electron chi connectivity index (χ0n) is 5.47. The van der Waals surface area contributed by atoms with E-state index >= 15 is 0 Å². The van der Waals surface area contributed by atoms with Crippen LogP contribution in [0, 0.1) is 5.82 Å². The van der Waals surface area contributed by atoms with Crippen molar-refractivity contribution in [2.45, 2.75) is 0 Å². The molecule has 0 aliphatic carbocycles. The number of nitrogens with two attached hydrogens (primary N) is 1. The number of hydrogen-bond acceptors (Lipinski definition) is 1. The molecule has 0 heterocycles. The summed E-state index contributed by atoms with van der Waals surface area (Å²) in [6.07, 6.45) is 1.41. The minimum atomic E-state index is -0.324. The van der Waals surface area contributed by atoms with Crippen LogP contribution in [0.1, 0.15) is 5.56 Å².